The number of ether oxygens (including phenoxy) is 1. The quantitative estimate of drug-likeness (QED) is 0.599. The first-order chi connectivity index (χ1) is 11.3. The lowest BCUT2D eigenvalue weighted by molar-refractivity contribution is -0.169. The van der Waals surface area contributed by atoms with Crippen molar-refractivity contribution < 1.29 is 18.7 Å². The highest BCUT2D eigenvalue weighted by molar-refractivity contribution is 5.88. The summed E-state index contributed by atoms with van der Waals surface area (Å²) in [4.78, 5) is 25.1. The summed E-state index contributed by atoms with van der Waals surface area (Å²) in [6, 6.07) is 0. The van der Waals surface area contributed by atoms with Crippen LogP contribution in [-0.2, 0) is 20.7 Å². The second-order valence-corrected chi connectivity index (χ2v) is 7.54. The molecule has 2 aliphatic rings. The van der Waals surface area contributed by atoms with Crippen molar-refractivity contribution >= 4 is 11.8 Å². The number of carbonyl (C=O) groups excluding carboxylic acids is 2. The van der Waals surface area contributed by atoms with Crippen LogP contribution >= 0.6 is 0 Å². The summed E-state index contributed by atoms with van der Waals surface area (Å²) in [5, 5.41) is 0. The number of rotatable bonds is 2. The first-order valence-electron chi connectivity index (χ1n) is 8.74. The fourth-order valence-electron chi connectivity index (χ4n) is 4.33. The van der Waals surface area contributed by atoms with Crippen LogP contribution in [0, 0.1) is 24.2 Å². The van der Waals surface area contributed by atoms with Crippen molar-refractivity contribution in [3.8, 4) is 0 Å². The van der Waals surface area contributed by atoms with E-state index in [1.807, 2.05) is 13.8 Å². The molecule has 0 unspecified atom stereocenters. The number of fused-ring (bicyclic) bond motifs is 2. The monoisotopic (exact) mass is 330 g/mol. The predicted octanol–water partition coefficient (Wildman–Crippen LogP) is 4.32. The minimum atomic E-state index is -0.438. The van der Waals surface area contributed by atoms with Crippen molar-refractivity contribution in [2.75, 3.05) is 0 Å². The van der Waals surface area contributed by atoms with Crippen LogP contribution in [0.2, 0.25) is 0 Å². The molecule has 0 amide bonds. The molecule has 0 aliphatic heterocycles. The van der Waals surface area contributed by atoms with Crippen LogP contribution in [0.1, 0.15) is 63.5 Å². The van der Waals surface area contributed by atoms with Crippen LogP contribution < -0.4 is 0 Å². The molecule has 1 aromatic rings. The Morgan fingerprint density at radius 1 is 1.46 bits per heavy atom. The Balaban J connectivity index is 2.11. The molecular formula is C20H26O4. The minimum absolute atomic E-state index is 0.150. The van der Waals surface area contributed by atoms with E-state index in [0.29, 0.717) is 24.3 Å². The van der Waals surface area contributed by atoms with Crippen LogP contribution in [0.25, 0.3) is 0 Å². The maximum atomic E-state index is 12.6. The lowest BCUT2D eigenvalue weighted by Crippen LogP contribution is -2.51. The smallest absolute Gasteiger partial charge is 0.334 e. The molecule has 4 atom stereocenters. The molecule has 1 saturated carbocycles. The predicted molar refractivity (Wildman–Crippen MR) is 90.4 cm³/mol. The molecule has 0 N–H and O–H groups in total. The number of allylic oxidation sites excluding steroid dienone is 1. The van der Waals surface area contributed by atoms with E-state index in [0.717, 1.165) is 23.3 Å². The van der Waals surface area contributed by atoms with Gasteiger partial charge >= 0.3 is 5.97 Å². The SMILES string of the molecule is CC=C(C)C(=O)O[C@@H]1c2c(C)coc2C[C@H]2C(=O)CC[C@H](C)[C@@]12C. The first-order valence-corrected chi connectivity index (χ1v) is 8.74. The summed E-state index contributed by atoms with van der Waals surface area (Å²) in [7, 11) is 0. The molecule has 2 aliphatic carbocycles. The van der Waals surface area contributed by atoms with E-state index >= 15 is 0 Å². The van der Waals surface area contributed by atoms with E-state index in [4.69, 9.17) is 9.15 Å². The molecule has 4 heteroatoms. The van der Waals surface area contributed by atoms with Gasteiger partial charge < -0.3 is 9.15 Å². The summed E-state index contributed by atoms with van der Waals surface area (Å²) in [5.41, 5.74) is 2.15. The van der Waals surface area contributed by atoms with Gasteiger partial charge in [-0.05, 0) is 38.7 Å². The summed E-state index contributed by atoms with van der Waals surface area (Å²) in [5.74, 6) is 0.892. The van der Waals surface area contributed by atoms with Crippen LogP contribution in [0.3, 0.4) is 0 Å². The van der Waals surface area contributed by atoms with Gasteiger partial charge in [0.1, 0.15) is 17.6 Å². The van der Waals surface area contributed by atoms with Crippen molar-refractivity contribution in [1.82, 2.24) is 0 Å². The second kappa shape index (κ2) is 5.91. The molecule has 0 bridgehead atoms. The zero-order valence-electron chi connectivity index (χ0n) is 15.1. The molecule has 130 valence electrons. The molecule has 24 heavy (non-hydrogen) atoms. The van der Waals surface area contributed by atoms with Crippen molar-refractivity contribution in [1.29, 1.82) is 0 Å². The Morgan fingerprint density at radius 3 is 2.83 bits per heavy atom. The highest BCUT2D eigenvalue weighted by atomic mass is 16.5. The Kier molecular flexibility index (Phi) is 4.18. The van der Waals surface area contributed by atoms with Gasteiger partial charge in [-0.2, -0.15) is 0 Å². The molecule has 1 heterocycles. The molecule has 4 nitrogen and oxygen atoms in total. The zero-order chi connectivity index (χ0) is 17.6. The van der Waals surface area contributed by atoms with Gasteiger partial charge in [-0.3, -0.25) is 4.79 Å². The van der Waals surface area contributed by atoms with E-state index in [9.17, 15) is 9.59 Å². The summed E-state index contributed by atoms with van der Waals surface area (Å²) in [6.45, 7) is 9.83. The molecule has 0 saturated heterocycles. The van der Waals surface area contributed by atoms with Crippen LogP contribution in [-0.4, -0.2) is 11.8 Å². The van der Waals surface area contributed by atoms with Gasteiger partial charge in [0.2, 0.25) is 0 Å². The third kappa shape index (κ3) is 2.35. The Labute approximate surface area is 143 Å². The molecule has 0 aromatic carbocycles. The first kappa shape index (κ1) is 17.0. The normalized spacial score (nSPS) is 33.0. The highest BCUT2D eigenvalue weighted by Gasteiger charge is 2.57. The minimum Gasteiger partial charge on any atom is -0.469 e. The Bertz CT molecular complexity index is 711. The summed E-state index contributed by atoms with van der Waals surface area (Å²) < 4.78 is 11.7. The fraction of sp³-hybridized carbons (Fsp3) is 0.600. The standard InChI is InChI=1S/C20H26O4/c1-6-11(2)19(22)24-18-17-12(3)10-23-16(17)9-14-15(21)8-7-13(4)20(14,18)5/h6,10,13-14,18H,7-9H2,1-5H3/t13-,14-,18+,20+/m0/s1. The lowest BCUT2D eigenvalue weighted by Gasteiger charge is -2.51. The lowest BCUT2D eigenvalue weighted by atomic mass is 9.54. The van der Waals surface area contributed by atoms with Gasteiger partial charge in [0.15, 0.2) is 0 Å². The highest BCUT2D eigenvalue weighted by Crippen LogP contribution is 2.58. The van der Waals surface area contributed by atoms with E-state index in [-0.39, 0.29) is 23.1 Å². The second-order valence-electron chi connectivity index (χ2n) is 7.54. The average molecular weight is 330 g/mol. The van der Waals surface area contributed by atoms with Gasteiger partial charge in [0.25, 0.3) is 0 Å². The molecule has 0 spiro atoms. The number of hydrogen-bond donors (Lipinski definition) is 0. The maximum absolute atomic E-state index is 12.6. The topological polar surface area (TPSA) is 56.5 Å². The largest absolute Gasteiger partial charge is 0.469 e. The van der Waals surface area contributed by atoms with Gasteiger partial charge in [0, 0.05) is 35.3 Å². The molecule has 1 aromatic heterocycles. The number of hydrogen-bond acceptors (Lipinski definition) is 4. The van der Waals surface area contributed by atoms with E-state index in [1.165, 1.54) is 0 Å². The molecular weight excluding hydrogens is 304 g/mol. The summed E-state index contributed by atoms with van der Waals surface area (Å²) >= 11 is 0. The summed E-state index contributed by atoms with van der Waals surface area (Å²) in [6.07, 6.45) is 5.08. The number of furan rings is 1. The third-order valence-electron chi connectivity index (χ3n) is 6.32. The third-order valence-corrected chi connectivity index (χ3v) is 6.32. The molecule has 0 radical (unpaired) electrons. The van der Waals surface area contributed by atoms with Crippen LogP contribution in [0.15, 0.2) is 22.3 Å². The Hall–Kier alpha value is -1.84. The van der Waals surface area contributed by atoms with E-state index in [1.54, 1.807) is 19.3 Å². The van der Waals surface area contributed by atoms with Gasteiger partial charge in [0.05, 0.1) is 6.26 Å². The number of carbonyl (C=O) groups is 2. The number of Topliss-reactive ketones (excluding diaryl/α,β-unsaturated/α-hetero) is 1. The van der Waals surface area contributed by atoms with Crippen molar-refractivity contribution in [3.63, 3.8) is 0 Å². The van der Waals surface area contributed by atoms with E-state index in [2.05, 4.69) is 13.8 Å². The average Bonchev–Trinajstić information content (AvgIpc) is 2.93. The number of ketones is 1. The van der Waals surface area contributed by atoms with Crippen molar-refractivity contribution in [2.24, 2.45) is 17.3 Å². The van der Waals surface area contributed by atoms with Crippen molar-refractivity contribution in [3.05, 3.63) is 34.8 Å². The van der Waals surface area contributed by atoms with Crippen molar-refractivity contribution in [2.45, 2.75) is 60.0 Å². The Morgan fingerprint density at radius 2 is 2.17 bits per heavy atom. The molecule has 3 rings (SSSR count). The zero-order valence-corrected chi connectivity index (χ0v) is 15.1. The number of esters is 1. The number of aryl methyl sites for hydroxylation is 1. The van der Waals surface area contributed by atoms with Gasteiger partial charge in [-0.1, -0.05) is 19.9 Å². The van der Waals surface area contributed by atoms with E-state index < -0.39 is 6.10 Å². The maximum Gasteiger partial charge on any atom is 0.334 e. The van der Waals surface area contributed by atoms with Crippen LogP contribution in [0.5, 0.6) is 0 Å². The van der Waals surface area contributed by atoms with Gasteiger partial charge in [-0.25, -0.2) is 4.79 Å². The van der Waals surface area contributed by atoms with Crippen LogP contribution in [0.4, 0.5) is 0 Å². The van der Waals surface area contributed by atoms with Gasteiger partial charge in [-0.15, -0.1) is 0 Å². The molecule has 1 fully saturated rings. The fourth-order valence-corrected chi connectivity index (χ4v) is 4.33.